The van der Waals surface area contributed by atoms with Crippen molar-refractivity contribution < 1.29 is 19.1 Å². The molecule has 1 heterocycles. The van der Waals surface area contributed by atoms with Crippen molar-refractivity contribution in [3.05, 3.63) is 19.8 Å². The number of ether oxygens (including phenoxy) is 2. The van der Waals surface area contributed by atoms with Crippen LogP contribution in [-0.2, 0) is 9.47 Å². The summed E-state index contributed by atoms with van der Waals surface area (Å²) in [6.07, 6.45) is 3.68. The van der Waals surface area contributed by atoms with Crippen LogP contribution < -0.4 is 5.73 Å². The first-order valence-corrected chi connectivity index (χ1v) is 11.6. The van der Waals surface area contributed by atoms with E-state index in [2.05, 4.69) is 0 Å². The van der Waals surface area contributed by atoms with Crippen LogP contribution in [0, 0.1) is 0 Å². The zero-order valence-electron chi connectivity index (χ0n) is 8.57. The van der Waals surface area contributed by atoms with Crippen molar-refractivity contribution in [2.45, 2.75) is 0 Å². The van der Waals surface area contributed by atoms with Crippen LogP contribution in [0.5, 0.6) is 0 Å². The monoisotopic (exact) mass is 577 g/mol. The zero-order valence-corrected chi connectivity index (χ0v) is 15.0. The number of rotatable bonds is 5. The molecule has 0 aliphatic carbocycles. The predicted octanol–water partition coefficient (Wildman–Crippen LogP) is 3.26. The Balaban J connectivity index is 2.89. The zero-order chi connectivity index (χ0) is 12.7. The number of hydrogen-bond acceptors (Lipinski definition) is 5. The normalized spacial score (nSPS) is 14.5. The Bertz CT molecular complexity index is 374. The van der Waals surface area contributed by atoms with Gasteiger partial charge >= 0.3 is 131 Å². The first-order valence-electron chi connectivity index (χ1n) is 4.32. The third-order valence-corrected chi connectivity index (χ3v) is 7.69. The summed E-state index contributed by atoms with van der Waals surface area (Å²) in [6, 6.07) is 0. The third-order valence-electron chi connectivity index (χ3n) is 1.48. The average Bonchev–Trinajstić information content (AvgIpc) is 2.31. The molecule has 0 bridgehead atoms. The van der Waals surface area contributed by atoms with E-state index < -0.39 is 27.8 Å². The summed E-state index contributed by atoms with van der Waals surface area (Å²) in [4.78, 5) is 23.5. The Morgan fingerprint density at radius 1 is 1.41 bits per heavy atom. The Labute approximate surface area is 129 Å². The minimum absolute atomic E-state index is 0.0815. The van der Waals surface area contributed by atoms with Crippen LogP contribution in [0.2, 0.25) is 0 Å². The van der Waals surface area contributed by atoms with Gasteiger partial charge in [0, 0.05) is 0 Å². The molecule has 1 aliphatic heterocycles. The summed E-state index contributed by atoms with van der Waals surface area (Å²) in [6.45, 7) is -0.210. The molecule has 0 fully saturated rings. The number of allylic oxidation sites excluding steroid dienone is 3. The molecule has 0 atom stereocenters. The fourth-order valence-corrected chi connectivity index (χ4v) is 7.97. The van der Waals surface area contributed by atoms with Gasteiger partial charge in [-0.2, -0.15) is 0 Å². The Morgan fingerprint density at radius 2 is 2.12 bits per heavy atom. The number of alkyl halides is 1. The number of halogens is 3. The van der Waals surface area contributed by atoms with E-state index in [1.807, 2.05) is 42.8 Å². The van der Waals surface area contributed by atoms with Gasteiger partial charge in [-0.3, -0.25) is 0 Å². The molecule has 0 saturated heterocycles. The van der Waals surface area contributed by atoms with Crippen LogP contribution in [-0.4, -0.2) is 23.3 Å². The van der Waals surface area contributed by atoms with E-state index in [-0.39, 0.29) is 32.1 Å². The molecule has 0 radical (unpaired) electrons. The Morgan fingerprint density at radius 3 is 2.65 bits per heavy atom. The second-order valence-corrected chi connectivity index (χ2v) is 9.83. The second-order valence-electron chi connectivity index (χ2n) is 2.42. The van der Waals surface area contributed by atoms with Crippen LogP contribution in [0.1, 0.15) is 0 Å². The van der Waals surface area contributed by atoms with E-state index in [4.69, 9.17) is 15.2 Å². The summed E-state index contributed by atoms with van der Waals surface area (Å²) in [5.41, 5.74) is 5.16. The van der Waals surface area contributed by atoms with Crippen molar-refractivity contribution >= 4 is 75.1 Å². The summed E-state index contributed by atoms with van der Waals surface area (Å²) < 4.78 is 13.7. The van der Waals surface area contributed by atoms with Crippen molar-refractivity contribution in [3.63, 3.8) is 0 Å². The molecular formula is C9H10I3NO4. The molecule has 1 rings (SSSR count). The van der Waals surface area contributed by atoms with E-state index in [0.717, 1.165) is 3.58 Å². The van der Waals surface area contributed by atoms with Gasteiger partial charge in [-0.05, 0) is 0 Å². The molecule has 5 nitrogen and oxygen atoms in total. The van der Waals surface area contributed by atoms with Crippen LogP contribution >= 0.6 is 63.1 Å². The quantitative estimate of drug-likeness (QED) is 0.235. The molecule has 96 valence electrons. The van der Waals surface area contributed by atoms with Gasteiger partial charge in [0.2, 0.25) is 0 Å². The molecule has 2 N–H and O–H groups in total. The van der Waals surface area contributed by atoms with Crippen molar-refractivity contribution in [3.8, 4) is 0 Å². The van der Waals surface area contributed by atoms with E-state index in [0.29, 0.717) is 0 Å². The summed E-state index contributed by atoms with van der Waals surface area (Å²) in [5.74, 6) is 0. The van der Waals surface area contributed by atoms with E-state index in [1.165, 1.54) is 0 Å². The van der Waals surface area contributed by atoms with Gasteiger partial charge in [0.05, 0.1) is 0 Å². The molecule has 0 spiro atoms. The van der Waals surface area contributed by atoms with E-state index in [9.17, 15) is 9.59 Å². The van der Waals surface area contributed by atoms with Gasteiger partial charge in [0.15, 0.2) is 0 Å². The molecule has 0 aromatic carbocycles. The van der Waals surface area contributed by atoms with Crippen LogP contribution in [0.3, 0.4) is 0 Å². The van der Waals surface area contributed by atoms with E-state index in [1.54, 1.807) is 0 Å². The molecule has 0 saturated carbocycles. The van der Waals surface area contributed by atoms with Crippen molar-refractivity contribution in [1.82, 2.24) is 0 Å². The van der Waals surface area contributed by atoms with Gasteiger partial charge in [-0.25, -0.2) is 0 Å². The Hall–Kier alpha value is 0.440. The predicted molar refractivity (Wildman–Crippen MR) is 92.2 cm³/mol. The van der Waals surface area contributed by atoms with E-state index >= 15 is 0 Å². The molecule has 0 aromatic rings. The molecule has 8 heteroatoms. The van der Waals surface area contributed by atoms with Gasteiger partial charge in [-0.1, -0.05) is 0 Å². The number of nitrogens with two attached hydrogens (primary N) is 1. The SMILES string of the molecule is NCOC(=O)I(C(=O)OCI)C1=CC=IC=C1. The number of carbonyl (C=O) groups is 2. The molecule has 0 amide bonds. The summed E-state index contributed by atoms with van der Waals surface area (Å²) >= 11 is -0.948. The molecule has 17 heavy (non-hydrogen) atoms. The van der Waals surface area contributed by atoms with Crippen LogP contribution in [0.25, 0.3) is 0 Å². The number of hydrogen-bond donors (Lipinski definition) is 1. The maximum absolute atomic E-state index is 11.8. The minimum atomic E-state index is -2.78. The van der Waals surface area contributed by atoms with Gasteiger partial charge < -0.3 is 0 Å². The maximum atomic E-state index is 11.8. The molecule has 1 aliphatic rings. The standard InChI is InChI=1S/C9H10I3NO4/c10-5-16-8(14)12(9(15)17-6-13)7-1-3-11-4-2-7/h1-4H,5-6,13H2. The average molecular weight is 577 g/mol. The van der Waals surface area contributed by atoms with Gasteiger partial charge in [0.25, 0.3) is 0 Å². The first kappa shape index (κ1) is 15.5. The molecular weight excluding hydrogens is 567 g/mol. The second kappa shape index (κ2) is 8.53. The topological polar surface area (TPSA) is 78.6 Å². The third kappa shape index (κ3) is 4.90. The van der Waals surface area contributed by atoms with Crippen molar-refractivity contribution in [2.24, 2.45) is 5.73 Å². The fraction of sp³-hybridized carbons (Fsp3) is 0.222. The molecule has 0 unspecified atom stereocenters. The van der Waals surface area contributed by atoms with Gasteiger partial charge in [-0.15, -0.1) is 0 Å². The van der Waals surface area contributed by atoms with Crippen molar-refractivity contribution in [2.75, 3.05) is 11.3 Å². The van der Waals surface area contributed by atoms with Crippen LogP contribution in [0.15, 0.2) is 19.8 Å². The Kier molecular flexibility index (Phi) is 7.77. The van der Waals surface area contributed by atoms with Crippen LogP contribution in [0.4, 0.5) is 9.59 Å². The first-order chi connectivity index (χ1) is 8.20. The van der Waals surface area contributed by atoms with Gasteiger partial charge in [0.1, 0.15) is 0 Å². The summed E-state index contributed by atoms with van der Waals surface area (Å²) in [5, 5.41) is 0. The fourth-order valence-electron chi connectivity index (χ4n) is 0.875. The number of carbonyl (C=O) groups excluding carboxylic acids is 2. The summed E-state index contributed by atoms with van der Waals surface area (Å²) in [7, 11) is 0. The molecule has 0 aromatic heterocycles. The van der Waals surface area contributed by atoms with Crippen molar-refractivity contribution in [1.29, 1.82) is 0 Å².